The van der Waals surface area contributed by atoms with Crippen LogP contribution in [0.15, 0.2) is 18.3 Å². The van der Waals surface area contributed by atoms with Crippen LogP contribution in [0, 0.1) is 11.7 Å². The van der Waals surface area contributed by atoms with E-state index >= 15 is 0 Å². The van der Waals surface area contributed by atoms with Gasteiger partial charge in [0.2, 0.25) is 0 Å². The first-order valence-electron chi connectivity index (χ1n) is 5.76. The minimum atomic E-state index is -0.264. The summed E-state index contributed by atoms with van der Waals surface area (Å²) in [6.45, 7) is 10.5. The van der Waals surface area contributed by atoms with E-state index in [1.165, 1.54) is 12.3 Å². The fraction of sp³-hybridized carbons (Fsp3) is 0.615. The summed E-state index contributed by atoms with van der Waals surface area (Å²) in [5.74, 6) is 0.740. The second kappa shape index (κ2) is 7.38. The van der Waals surface area contributed by atoms with Gasteiger partial charge in [-0.15, -0.1) is 0 Å². The molecule has 0 fully saturated rings. The number of hydrogen-bond donors (Lipinski definition) is 0. The Morgan fingerprint density at radius 1 is 1.27 bits per heavy atom. The lowest BCUT2D eigenvalue weighted by Gasteiger charge is -2.17. The maximum atomic E-state index is 12.6. The van der Waals surface area contributed by atoms with Crippen LogP contribution in [-0.4, -0.2) is 4.98 Å². The molecule has 86 valence electrons. The molecule has 1 aromatic heterocycles. The van der Waals surface area contributed by atoms with E-state index in [2.05, 4.69) is 25.8 Å². The minimum Gasteiger partial charge on any atom is -0.258 e. The molecule has 1 unspecified atom stereocenters. The van der Waals surface area contributed by atoms with Gasteiger partial charge in [-0.3, -0.25) is 4.98 Å². The normalized spacial score (nSPS) is 13.7. The molecule has 1 heterocycles. The van der Waals surface area contributed by atoms with Crippen molar-refractivity contribution in [2.24, 2.45) is 5.92 Å². The molecule has 1 aromatic rings. The second-order valence-electron chi connectivity index (χ2n) is 3.58. The van der Waals surface area contributed by atoms with E-state index in [9.17, 15) is 4.39 Å². The molecule has 0 aliphatic rings. The molecule has 2 atom stereocenters. The summed E-state index contributed by atoms with van der Waals surface area (Å²) in [5.41, 5.74) is 0.982. The summed E-state index contributed by atoms with van der Waals surface area (Å²) in [5, 5.41) is 0. The maximum Gasteiger partial charge on any atom is 0.141 e. The molecule has 0 aliphatic carbocycles. The van der Waals surface area contributed by atoms with E-state index in [-0.39, 0.29) is 5.82 Å². The molecule has 0 N–H and O–H groups in total. The first kappa shape index (κ1) is 14.1. The van der Waals surface area contributed by atoms with Crippen molar-refractivity contribution in [1.29, 1.82) is 0 Å². The molecule has 0 saturated carbocycles. The number of hydrogen-bond acceptors (Lipinski definition) is 1. The van der Waals surface area contributed by atoms with Crippen LogP contribution in [0.4, 0.5) is 4.39 Å². The average Bonchev–Trinajstić information content (AvgIpc) is 2.31. The van der Waals surface area contributed by atoms with E-state index in [0.717, 1.165) is 12.1 Å². The van der Waals surface area contributed by atoms with E-state index in [1.807, 2.05) is 13.8 Å². The van der Waals surface area contributed by atoms with Crippen LogP contribution >= 0.6 is 0 Å². The predicted molar refractivity (Wildman–Crippen MR) is 63.4 cm³/mol. The molecule has 0 radical (unpaired) electrons. The van der Waals surface area contributed by atoms with Gasteiger partial charge in [0.25, 0.3) is 0 Å². The third-order valence-corrected chi connectivity index (χ3v) is 2.71. The number of halogens is 1. The van der Waals surface area contributed by atoms with Crippen molar-refractivity contribution in [3.8, 4) is 0 Å². The molecular weight excluding hydrogens is 189 g/mol. The Labute approximate surface area is 92.7 Å². The Hall–Kier alpha value is -0.920. The van der Waals surface area contributed by atoms with E-state index < -0.39 is 0 Å². The van der Waals surface area contributed by atoms with Crippen molar-refractivity contribution >= 4 is 0 Å². The van der Waals surface area contributed by atoms with Gasteiger partial charge in [-0.1, -0.05) is 41.0 Å². The second-order valence-corrected chi connectivity index (χ2v) is 3.58. The highest BCUT2D eigenvalue weighted by Gasteiger charge is 2.13. The van der Waals surface area contributed by atoms with Crippen molar-refractivity contribution in [1.82, 2.24) is 4.98 Å². The summed E-state index contributed by atoms with van der Waals surface area (Å²) in [6, 6.07) is 3.24. The summed E-state index contributed by atoms with van der Waals surface area (Å²) >= 11 is 0. The quantitative estimate of drug-likeness (QED) is 0.722. The molecule has 0 spiro atoms. The Morgan fingerprint density at radius 2 is 1.87 bits per heavy atom. The molecule has 0 bridgehead atoms. The van der Waals surface area contributed by atoms with Gasteiger partial charge in [0.1, 0.15) is 5.82 Å². The van der Waals surface area contributed by atoms with Crippen LogP contribution in [0.25, 0.3) is 0 Å². The van der Waals surface area contributed by atoms with Crippen molar-refractivity contribution in [3.05, 3.63) is 29.8 Å². The van der Waals surface area contributed by atoms with Gasteiger partial charge in [0, 0.05) is 11.6 Å². The summed E-state index contributed by atoms with van der Waals surface area (Å²) in [6.07, 6.45) is 2.41. The number of aromatic nitrogens is 1. The fourth-order valence-corrected chi connectivity index (χ4v) is 1.30. The molecule has 1 rings (SSSR count). The SMILES string of the molecule is CC.CCC(C)[C@H](C)c1ccc(F)cn1. The number of rotatable bonds is 3. The lowest BCUT2D eigenvalue weighted by Crippen LogP contribution is -2.06. The van der Waals surface area contributed by atoms with Crippen LogP contribution in [0.2, 0.25) is 0 Å². The van der Waals surface area contributed by atoms with Crippen LogP contribution in [0.5, 0.6) is 0 Å². The van der Waals surface area contributed by atoms with Crippen molar-refractivity contribution in [2.75, 3.05) is 0 Å². The van der Waals surface area contributed by atoms with E-state index in [0.29, 0.717) is 11.8 Å². The van der Waals surface area contributed by atoms with Gasteiger partial charge in [-0.2, -0.15) is 0 Å². The summed E-state index contributed by atoms with van der Waals surface area (Å²) in [4.78, 5) is 4.07. The van der Waals surface area contributed by atoms with Crippen LogP contribution in [-0.2, 0) is 0 Å². The Kier molecular flexibility index (Phi) is 6.93. The van der Waals surface area contributed by atoms with Gasteiger partial charge in [-0.05, 0) is 18.1 Å². The Morgan fingerprint density at radius 3 is 2.27 bits per heavy atom. The predicted octanol–water partition coefficient (Wildman–Crippen LogP) is 4.40. The van der Waals surface area contributed by atoms with Gasteiger partial charge in [0.05, 0.1) is 6.20 Å². The van der Waals surface area contributed by atoms with Gasteiger partial charge in [-0.25, -0.2) is 4.39 Å². The third kappa shape index (κ3) is 4.41. The van der Waals surface area contributed by atoms with Gasteiger partial charge in [0.15, 0.2) is 0 Å². The molecular formula is C13H22FN. The van der Waals surface area contributed by atoms with Gasteiger partial charge >= 0.3 is 0 Å². The lowest BCUT2D eigenvalue weighted by atomic mass is 9.90. The highest BCUT2D eigenvalue weighted by atomic mass is 19.1. The summed E-state index contributed by atoms with van der Waals surface area (Å²) in [7, 11) is 0. The first-order valence-corrected chi connectivity index (χ1v) is 5.76. The Bertz CT molecular complexity index is 256. The monoisotopic (exact) mass is 211 g/mol. The highest BCUT2D eigenvalue weighted by molar-refractivity contribution is 5.10. The molecule has 0 amide bonds. The van der Waals surface area contributed by atoms with Crippen molar-refractivity contribution in [2.45, 2.75) is 47.0 Å². The van der Waals surface area contributed by atoms with Crippen molar-refractivity contribution in [3.63, 3.8) is 0 Å². The molecule has 2 heteroatoms. The zero-order valence-electron chi connectivity index (χ0n) is 10.4. The zero-order valence-corrected chi connectivity index (χ0v) is 10.4. The number of pyridine rings is 1. The van der Waals surface area contributed by atoms with Crippen LogP contribution in [0.3, 0.4) is 0 Å². The smallest absolute Gasteiger partial charge is 0.141 e. The van der Waals surface area contributed by atoms with Gasteiger partial charge < -0.3 is 0 Å². The zero-order chi connectivity index (χ0) is 11.8. The maximum absolute atomic E-state index is 12.6. The molecule has 15 heavy (non-hydrogen) atoms. The average molecular weight is 211 g/mol. The minimum absolute atomic E-state index is 0.264. The highest BCUT2D eigenvalue weighted by Crippen LogP contribution is 2.24. The topological polar surface area (TPSA) is 12.9 Å². The molecule has 0 saturated heterocycles. The first-order chi connectivity index (χ1) is 7.15. The van der Waals surface area contributed by atoms with Crippen molar-refractivity contribution < 1.29 is 4.39 Å². The molecule has 1 nitrogen and oxygen atoms in total. The fourth-order valence-electron chi connectivity index (χ4n) is 1.30. The van der Waals surface area contributed by atoms with Crippen LogP contribution in [0.1, 0.15) is 52.7 Å². The Balaban J connectivity index is 0.000000921. The number of nitrogens with zero attached hydrogens (tertiary/aromatic N) is 1. The standard InChI is InChI=1S/C11H16FN.C2H6/c1-4-8(2)9(3)11-6-5-10(12)7-13-11;1-2/h5-9H,4H2,1-3H3;1-2H3/t8?,9-;/m0./s1. The lowest BCUT2D eigenvalue weighted by molar-refractivity contribution is 0.463. The molecule has 0 aliphatic heterocycles. The van der Waals surface area contributed by atoms with Crippen LogP contribution < -0.4 is 0 Å². The third-order valence-electron chi connectivity index (χ3n) is 2.71. The summed E-state index contributed by atoms with van der Waals surface area (Å²) < 4.78 is 12.6. The van der Waals surface area contributed by atoms with E-state index in [4.69, 9.17) is 0 Å². The molecule has 0 aromatic carbocycles. The largest absolute Gasteiger partial charge is 0.258 e. The van der Waals surface area contributed by atoms with E-state index in [1.54, 1.807) is 6.07 Å².